The van der Waals surface area contributed by atoms with E-state index < -0.39 is 21.9 Å². The summed E-state index contributed by atoms with van der Waals surface area (Å²) in [6.07, 6.45) is 2.58. The van der Waals surface area contributed by atoms with E-state index in [9.17, 15) is 17.6 Å². The maximum atomic E-state index is 13.1. The molecule has 0 aliphatic heterocycles. The van der Waals surface area contributed by atoms with E-state index in [0.29, 0.717) is 5.56 Å². The Labute approximate surface area is 160 Å². The lowest BCUT2D eigenvalue weighted by atomic mass is 10.0. The summed E-state index contributed by atoms with van der Waals surface area (Å²) in [6.45, 7) is 1.91. The van der Waals surface area contributed by atoms with Crippen molar-refractivity contribution >= 4 is 15.9 Å². The van der Waals surface area contributed by atoms with Crippen molar-refractivity contribution in [1.29, 1.82) is 0 Å². The Kier molecular flexibility index (Phi) is 7.50. The maximum absolute atomic E-state index is 13.1. The van der Waals surface area contributed by atoms with Crippen LogP contribution < -0.4 is 10.0 Å². The number of carbonyl (C=O) groups is 1. The van der Waals surface area contributed by atoms with Crippen LogP contribution >= 0.6 is 0 Å². The van der Waals surface area contributed by atoms with Crippen LogP contribution in [-0.2, 0) is 21.2 Å². The number of hydrogen-bond donors (Lipinski definition) is 2. The van der Waals surface area contributed by atoms with Gasteiger partial charge in [0.15, 0.2) is 0 Å². The van der Waals surface area contributed by atoms with Crippen LogP contribution in [-0.4, -0.2) is 26.6 Å². The second-order valence-corrected chi connectivity index (χ2v) is 8.47. The van der Waals surface area contributed by atoms with E-state index in [-0.39, 0.29) is 18.4 Å². The van der Waals surface area contributed by atoms with E-state index >= 15 is 0 Å². The van der Waals surface area contributed by atoms with E-state index in [1.807, 2.05) is 37.3 Å². The summed E-state index contributed by atoms with van der Waals surface area (Å²) in [6, 6.07) is 14.6. The number of nitrogens with one attached hydrogen (secondary N) is 2. The molecule has 0 aromatic heterocycles. The Hall–Kier alpha value is -2.25. The van der Waals surface area contributed by atoms with Crippen LogP contribution in [0.15, 0.2) is 54.6 Å². The number of aryl methyl sites for hydroxylation is 1. The fraction of sp³-hybridized carbons (Fsp3) is 0.350. The number of rotatable bonds is 9. The van der Waals surface area contributed by atoms with Crippen molar-refractivity contribution in [2.24, 2.45) is 0 Å². The van der Waals surface area contributed by atoms with Gasteiger partial charge in [-0.1, -0.05) is 42.5 Å². The fourth-order valence-corrected chi connectivity index (χ4v) is 3.54. The summed E-state index contributed by atoms with van der Waals surface area (Å²) in [4.78, 5) is 12.4. The average Bonchev–Trinajstić information content (AvgIpc) is 2.60. The van der Waals surface area contributed by atoms with Gasteiger partial charge in [0.1, 0.15) is 5.82 Å². The first-order chi connectivity index (χ1) is 12.7. The van der Waals surface area contributed by atoms with Crippen LogP contribution in [0.4, 0.5) is 4.39 Å². The van der Waals surface area contributed by atoms with Gasteiger partial charge in [0, 0.05) is 12.5 Å². The molecular weight excluding hydrogens is 367 g/mol. The Morgan fingerprint density at radius 3 is 2.30 bits per heavy atom. The van der Waals surface area contributed by atoms with Crippen molar-refractivity contribution in [1.82, 2.24) is 10.0 Å². The largest absolute Gasteiger partial charge is 0.354 e. The summed E-state index contributed by atoms with van der Waals surface area (Å²) in [5.74, 6) is -0.683. The van der Waals surface area contributed by atoms with Crippen LogP contribution in [0.1, 0.15) is 36.9 Å². The Morgan fingerprint density at radius 1 is 1.07 bits per heavy atom. The molecular formula is C20H25FN2O3S. The van der Waals surface area contributed by atoms with E-state index in [4.69, 9.17) is 0 Å². The number of hydrogen-bond acceptors (Lipinski definition) is 3. The molecule has 0 aliphatic carbocycles. The lowest BCUT2D eigenvalue weighted by molar-refractivity contribution is -0.122. The van der Waals surface area contributed by atoms with Crippen molar-refractivity contribution in [2.45, 2.75) is 38.3 Å². The van der Waals surface area contributed by atoms with Crippen molar-refractivity contribution in [3.63, 3.8) is 0 Å². The summed E-state index contributed by atoms with van der Waals surface area (Å²) >= 11 is 0. The molecule has 0 radical (unpaired) electrons. The quantitative estimate of drug-likeness (QED) is 0.689. The molecule has 0 unspecified atom stereocenters. The second kappa shape index (κ2) is 9.62. The van der Waals surface area contributed by atoms with Gasteiger partial charge in [0.2, 0.25) is 15.9 Å². The first-order valence-corrected chi connectivity index (χ1v) is 10.7. The summed E-state index contributed by atoms with van der Waals surface area (Å²) in [5, 5.41) is 2.90. The zero-order chi connectivity index (χ0) is 19.9. The van der Waals surface area contributed by atoms with Crippen LogP contribution in [0, 0.1) is 5.82 Å². The van der Waals surface area contributed by atoms with Gasteiger partial charge in [-0.25, -0.2) is 17.5 Å². The summed E-state index contributed by atoms with van der Waals surface area (Å²) < 4.78 is 38.8. The minimum atomic E-state index is -3.53. The molecule has 0 bridgehead atoms. The molecule has 1 amide bonds. The van der Waals surface area contributed by atoms with E-state index in [1.165, 1.54) is 29.8 Å². The van der Waals surface area contributed by atoms with Gasteiger partial charge >= 0.3 is 0 Å². The average molecular weight is 392 g/mol. The zero-order valence-electron chi connectivity index (χ0n) is 15.5. The topological polar surface area (TPSA) is 75.3 Å². The molecule has 7 heteroatoms. The first kappa shape index (κ1) is 21.1. The molecule has 0 spiro atoms. The van der Waals surface area contributed by atoms with Crippen molar-refractivity contribution in [3.05, 3.63) is 71.5 Å². The van der Waals surface area contributed by atoms with Crippen molar-refractivity contribution in [3.8, 4) is 0 Å². The third-order valence-corrected chi connectivity index (χ3v) is 4.85. The van der Waals surface area contributed by atoms with Gasteiger partial charge < -0.3 is 5.32 Å². The highest BCUT2D eigenvalue weighted by Crippen LogP contribution is 2.18. The smallest absolute Gasteiger partial charge is 0.222 e. The molecule has 146 valence electrons. The summed E-state index contributed by atoms with van der Waals surface area (Å²) in [5.41, 5.74) is 1.73. The summed E-state index contributed by atoms with van der Waals surface area (Å²) in [7, 11) is -3.53. The van der Waals surface area contributed by atoms with E-state index in [0.717, 1.165) is 19.1 Å². The first-order valence-electron chi connectivity index (χ1n) is 8.79. The predicted octanol–water partition coefficient (Wildman–Crippen LogP) is 2.94. The molecule has 0 heterocycles. The number of carbonyl (C=O) groups excluding carboxylic acids is 1. The van der Waals surface area contributed by atoms with Crippen LogP contribution in [0.25, 0.3) is 0 Å². The normalized spacial score (nSPS) is 13.7. The molecule has 2 N–H and O–H groups in total. The fourth-order valence-electron chi connectivity index (χ4n) is 2.80. The van der Waals surface area contributed by atoms with Gasteiger partial charge in [0.25, 0.3) is 0 Å². The lowest BCUT2D eigenvalue weighted by Crippen LogP contribution is -2.37. The standard InChI is InChI=1S/C20H25FN2O3S/c1-15(8-9-16-6-4-3-5-7-16)22-20(24)14-19(23-27(2,25)26)17-10-12-18(21)13-11-17/h3-7,10-13,15,19,23H,8-9,14H2,1-2H3,(H,22,24)/t15-,19+/m0/s1. The maximum Gasteiger partial charge on any atom is 0.222 e. The van der Waals surface area contributed by atoms with Gasteiger partial charge in [0.05, 0.1) is 12.3 Å². The van der Waals surface area contributed by atoms with Gasteiger partial charge in [-0.05, 0) is 43.0 Å². The molecule has 27 heavy (non-hydrogen) atoms. The highest BCUT2D eigenvalue weighted by atomic mass is 32.2. The second-order valence-electron chi connectivity index (χ2n) is 6.69. The Morgan fingerprint density at radius 2 is 1.70 bits per heavy atom. The van der Waals surface area contributed by atoms with Crippen molar-refractivity contribution < 1.29 is 17.6 Å². The van der Waals surface area contributed by atoms with Gasteiger partial charge in [-0.3, -0.25) is 4.79 Å². The predicted molar refractivity (Wildman–Crippen MR) is 104 cm³/mol. The van der Waals surface area contributed by atoms with Gasteiger partial charge in [-0.15, -0.1) is 0 Å². The molecule has 2 aromatic rings. The zero-order valence-corrected chi connectivity index (χ0v) is 16.3. The molecule has 0 saturated carbocycles. The molecule has 0 fully saturated rings. The molecule has 5 nitrogen and oxygen atoms in total. The number of sulfonamides is 1. The van der Waals surface area contributed by atoms with Gasteiger partial charge in [-0.2, -0.15) is 0 Å². The highest BCUT2D eigenvalue weighted by molar-refractivity contribution is 7.88. The Bertz CT molecular complexity index is 839. The molecule has 2 rings (SSSR count). The third-order valence-electron chi connectivity index (χ3n) is 4.13. The van der Waals surface area contributed by atoms with Crippen LogP contribution in [0.2, 0.25) is 0 Å². The minimum absolute atomic E-state index is 0.0511. The van der Waals surface area contributed by atoms with Crippen molar-refractivity contribution in [2.75, 3.05) is 6.26 Å². The monoisotopic (exact) mass is 392 g/mol. The minimum Gasteiger partial charge on any atom is -0.354 e. The SMILES string of the molecule is C[C@@H](CCc1ccccc1)NC(=O)C[C@@H](NS(C)(=O)=O)c1ccc(F)cc1. The lowest BCUT2D eigenvalue weighted by Gasteiger charge is -2.20. The molecule has 2 atom stereocenters. The number of amides is 1. The third kappa shape index (κ3) is 7.88. The van der Waals surface area contributed by atoms with E-state index in [1.54, 1.807) is 0 Å². The molecule has 0 aliphatic rings. The van der Waals surface area contributed by atoms with Crippen LogP contribution in [0.5, 0.6) is 0 Å². The molecule has 0 saturated heterocycles. The molecule has 2 aromatic carbocycles. The number of halogens is 1. The highest BCUT2D eigenvalue weighted by Gasteiger charge is 2.20. The number of benzene rings is 2. The Balaban J connectivity index is 1.95. The van der Waals surface area contributed by atoms with E-state index in [2.05, 4.69) is 10.0 Å². The van der Waals surface area contributed by atoms with Crippen LogP contribution in [0.3, 0.4) is 0 Å².